The summed E-state index contributed by atoms with van der Waals surface area (Å²) >= 11 is 0. The van der Waals surface area contributed by atoms with Crippen LogP contribution in [0.3, 0.4) is 0 Å². The van der Waals surface area contributed by atoms with Gasteiger partial charge in [0.1, 0.15) is 18.0 Å². The third-order valence-electron chi connectivity index (χ3n) is 6.52. The van der Waals surface area contributed by atoms with E-state index in [0.717, 1.165) is 24.2 Å². The van der Waals surface area contributed by atoms with Crippen LogP contribution in [0.1, 0.15) is 28.8 Å². The number of amides is 2. The van der Waals surface area contributed by atoms with E-state index in [9.17, 15) is 14.7 Å². The number of carbonyl (C=O) groups excluding carboxylic acids is 2. The van der Waals surface area contributed by atoms with E-state index in [2.05, 4.69) is 4.98 Å². The second kappa shape index (κ2) is 9.23. The topological polar surface area (TPSA) is 87.4 Å². The van der Waals surface area contributed by atoms with Crippen LogP contribution >= 0.6 is 0 Å². The Hall–Kier alpha value is -3.39. The lowest BCUT2D eigenvalue weighted by atomic mass is 9.98. The lowest BCUT2D eigenvalue weighted by Gasteiger charge is -2.18. The minimum atomic E-state index is -0.565. The van der Waals surface area contributed by atoms with Crippen LogP contribution in [0.5, 0.6) is 5.75 Å². The minimum Gasteiger partial charge on any atom is -0.492 e. The number of aliphatic hydroxyl groups is 1. The molecule has 33 heavy (non-hydrogen) atoms. The van der Waals surface area contributed by atoms with Crippen molar-refractivity contribution in [2.24, 2.45) is 5.92 Å². The molecule has 2 aliphatic heterocycles. The first-order valence-electron chi connectivity index (χ1n) is 11.5. The van der Waals surface area contributed by atoms with E-state index in [-0.39, 0.29) is 17.7 Å². The number of aromatic nitrogens is 2. The Balaban J connectivity index is 1.18. The molecule has 0 bridgehead atoms. The zero-order valence-corrected chi connectivity index (χ0v) is 18.5. The van der Waals surface area contributed by atoms with E-state index in [1.165, 1.54) is 0 Å². The quantitative estimate of drug-likeness (QED) is 0.598. The number of rotatable bonds is 7. The molecular formula is C25H28N4O4. The number of aliphatic hydroxyl groups excluding tert-OH is 1. The molecule has 2 aromatic heterocycles. The minimum absolute atomic E-state index is 0.0210. The Labute approximate surface area is 192 Å². The number of fused-ring (bicyclic) bond motifs is 1. The fraction of sp³-hybridized carbons (Fsp3) is 0.400. The Morgan fingerprint density at radius 1 is 1.21 bits per heavy atom. The van der Waals surface area contributed by atoms with Gasteiger partial charge in [-0.2, -0.15) is 0 Å². The Bertz CT molecular complexity index is 1160. The fourth-order valence-corrected chi connectivity index (χ4v) is 4.73. The highest BCUT2D eigenvalue weighted by Gasteiger charge is 2.34. The van der Waals surface area contributed by atoms with E-state index in [4.69, 9.17) is 4.74 Å². The molecule has 2 saturated heterocycles. The molecule has 5 rings (SSSR count). The molecule has 2 atom stereocenters. The van der Waals surface area contributed by atoms with E-state index in [1.807, 2.05) is 39.9 Å². The highest BCUT2D eigenvalue weighted by molar-refractivity contribution is 5.94. The molecule has 4 heterocycles. The molecule has 0 spiro atoms. The van der Waals surface area contributed by atoms with Gasteiger partial charge in [0.05, 0.1) is 12.6 Å². The van der Waals surface area contributed by atoms with Crippen molar-refractivity contribution in [2.75, 3.05) is 32.8 Å². The van der Waals surface area contributed by atoms with Crippen LogP contribution in [-0.2, 0) is 11.2 Å². The van der Waals surface area contributed by atoms with Crippen molar-refractivity contribution >= 4 is 17.5 Å². The number of pyridine rings is 1. The lowest BCUT2D eigenvalue weighted by Crippen LogP contribution is -2.30. The molecule has 3 aromatic rings. The molecule has 8 heteroatoms. The first kappa shape index (κ1) is 21.5. The zero-order chi connectivity index (χ0) is 22.8. The Morgan fingerprint density at radius 3 is 2.97 bits per heavy atom. The Morgan fingerprint density at radius 2 is 2.12 bits per heavy atom. The number of benzene rings is 1. The van der Waals surface area contributed by atoms with E-state index in [1.54, 1.807) is 29.3 Å². The van der Waals surface area contributed by atoms with Gasteiger partial charge in [-0.1, -0.05) is 12.1 Å². The van der Waals surface area contributed by atoms with Gasteiger partial charge in [0.25, 0.3) is 5.91 Å². The highest BCUT2D eigenvalue weighted by atomic mass is 16.5. The molecule has 0 aliphatic carbocycles. The molecule has 0 radical (unpaired) electrons. The number of nitrogens with zero attached hydrogens (tertiary/aromatic N) is 4. The predicted octanol–water partition coefficient (Wildman–Crippen LogP) is 2.01. The van der Waals surface area contributed by atoms with E-state index in [0.29, 0.717) is 50.4 Å². The molecule has 0 unspecified atom stereocenters. The first-order chi connectivity index (χ1) is 16.1. The number of hydrogen-bond acceptors (Lipinski definition) is 5. The summed E-state index contributed by atoms with van der Waals surface area (Å²) in [7, 11) is 0. The van der Waals surface area contributed by atoms with Gasteiger partial charge in [0.2, 0.25) is 5.91 Å². The van der Waals surface area contributed by atoms with Crippen LogP contribution in [0.2, 0.25) is 0 Å². The Kier molecular flexibility index (Phi) is 6.00. The summed E-state index contributed by atoms with van der Waals surface area (Å²) in [6.07, 6.45) is 7.33. The van der Waals surface area contributed by atoms with Crippen molar-refractivity contribution in [1.29, 1.82) is 0 Å². The number of likely N-dealkylation sites (tertiary alicyclic amines) is 2. The van der Waals surface area contributed by atoms with E-state index >= 15 is 0 Å². The summed E-state index contributed by atoms with van der Waals surface area (Å²) in [4.78, 5) is 32.6. The molecule has 172 valence electrons. The summed E-state index contributed by atoms with van der Waals surface area (Å²) in [5.41, 5.74) is 2.53. The summed E-state index contributed by atoms with van der Waals surface area (Å²) in [5, 5.41) is 10.6. The largest absolute Gasteiger partial charge is 0.492 e. The highest BCUT2D eigenvalue weighted by Crippen LogP contribution is 2.24. The van der Waals surface area contributed by atoms with Gasteiger partial charge in [-0.15, -0.1) is 0 Å². The van der Waals surface area contributed by atoms with Gasteiger partial charge in [0.15, 0.2) is 0 Å². The van der Waals surface area contributed by atoms with Gasteiger partial charge >= 0.3 is 0 Å². The van der Waals surface area contributed by atoms with Gasteiger partial charge in [0, 0.05) is 56.1 Å². The normalized spacial score (nSPS) is 20.7. The summed E-state index contributed by atoms with van der Waals surface area (Å²) < 4.78 is 7.76. The lowest BCUT2D eigenvalue weighted by molar-refractivity contribution is -0.128. The number of hydrogen-bond donors (Lipinski definition) is 1. The second-order valence-corrected chi connectivity index (χ2v) is 8.83. The van der Waals surface area contributed by atoms with Crippen LogP contribution in [-0.4, -0.2) is 75.0 Å². The monoisotopic (exact) mass is 448 g/mol. The number of β-amino-alcohol motifs (C(OH)–C–C–N with tert-alkyl or cyclic N) is 1. The maximum absolute atomic E-state index is 13.1. The summed E-state index contributed by atoms with van der Waals surface area (Å²) in [6, 6.07) is 11.1. The third-order valence-corrected chi connectivity index (χ3v) is 6.52. The average molecular weight is 449 g/mol. The summed E-state index contributed by atoms with van der Waals surface area (Å²) in [6.45, 7) is 2.56. The zero-order valence-electron chi connectivity index (χ0n) is 18.5. The molecule has 2 aliphatic rings. The van der Waals surface area contributed by atoms with Crippen LogP contribution in [0.15, 0.2) is 55.0 Å². The van der Waals surface area contributed by atoms with Gasteiger partial charge in [-0.25, -0.2) is 4.98 Å². The van der Waals surface area contributed by atoms with Crippen molar-refractivity contribution in [3.63, 3.8) is 0 Å². The number of ether oxygens (including phenoxy) is 1. The fourth-order valence-electron chi connectivity index (χ4n) is 4.73. The number of imidazole rings is 1. The standard InChI is InChI=1S/C25H28N4O4/c30-22-17-29(16-20(22)13-18-6-7-23-26-8-10-28(23)15-18)25(32)19-3-1-4-21(14-19)33-12-11-27-9-2-5-24(27)31/h1,3-4,6-8,10,14-15,20,22,30H,2,5,9,11-13,16-17H2/t20-,22+/m0/s1. The van der Waals surface area contributed by atoms with Gasteiger partial charge in [-0.05, 0) is 42.7 Å². The van der Waals surface area contributed by atoms with Gasteiger partial charge in [-0.3, -0.25) is 9.59 Å². The maximum atomic E-state index is 13.1. The van der Waals surface area contributed by atoms with Crippen molar-refractivity contribution in [3.8, 4) is 5.75 Å². The SMILES string of the molecule is O=C1CCCN1CCOc1cccc(C(=O)N2C[C@H](Cc3ccc4nccn4c3)[C@H](O)C2)c1. The molecule has 1 aromatic carbocycles. The van der Waals surface area contributed by atoms with Crippen molar-refractivity contribution in [2.45, 2.75) is 25.4 Å². The average Bonchev–Trinajstić information content (AvgIpc) is 3.54. The van der Waals surface area contributed by atoms with Crippen molar-refractivity contribution < 1.29 is 19.4 Å². The second-order valence-electron chi connectivity index (χ2n) is 8.83. The summed E-state index contributed by atoms with van der Waals surface area (Å²) in [5.74, 6) is 0.654. The molecule has 2 amide bonds. The van der Waals surface area contributed by atoms with Crippen molar-refractivity contribution in [1.82, 2.24) is 19.2 Å². The maximum Gasteiger partial charge on any atom is 0.254 e. The third kappa shape index (κ3) is 4.71. The van der Waals surface area contributed by atoms with E-state index < -0.39 is 6.10 Å². The van der Waals surface area contributed by atoms with Crippen molar-refractivity contribution in [3.05, 3.63) is 66.1 Å². The van der Waals surface area contributed by atoms with Crippen LogP contribution < -0.4 is 4.74 Å². The van der Waals surface area contributed by atoms with Crippen LogP contribution in [0.4, 0.5) is 0 Å². The molecule has 1 N–H and O–H groups in total. The smallest absolute Gasteiger partial charge is 0.254 e. The van der Waals surface area contributed by atoms with Crippen LogP contribution in [0.25, 0.3) is 5.65 Å². The molecule has 8 nitrogen and oxygen atoms in total. The predicted molar refractivity (Wildman–Crippen MR) is 122 cm³/mol. The van der Waals surface area contributed by atoms with Gasteiger partial charge < -0.3 is 24.0 Å². The number of carbonyl (C=O) groups is 2. The first-order valence-corrected chi connectivity index (χ1v) is 11.5. The molecule has 0 saturated carbocycles. The molecular weight excluding hydrogens is 420 g/mol. The van der Waals surface area contributed by atoms with Crippen LogP contribution in [0, 0.1) is 5.92 Å². The molecule has 2 fully saturated rings.